The van der Waals surface area contributed by atoms with Gasteiger partial charge in [-0.3, -0.25) is 4.79 Å². The van der Waals surface area contributed by atoms with Crippen molar-refractivity contribution in [3.63, 3.8) is 0 Å². The first-order chi connectivity index (χ1) is 12.2. The molecule has 2 rings (SSSR count). The Labute approximate surface area is 149 Å². The van der Waals surface area contributed by atoms with Crippen molar-refractivity contribution in [1.82, 2.24) is 10.2 Å². The van der Waals surface area contributed by atoms with Gasteiger partial charge in [0.1, 0.15) is 6.54 Å². The molecular weight excluding hydrogens is 316 g/mol. The van der Waals surface area contributed by atoms with Crippen LogP contribution < -0.4 is 10.6 Å². The maximum absolute atomic E-state index is 12.2. The first kappa shape index (κ1) is 18.8. The van der Waals surface area contributed by atoms with E-state index in [9.17, 15) is 4.79 Å². The summed E-state index contributed by atoms with van der Waals surface area (Å²) < 4.78 is 5.23. The Bertz CT molecular complexity index is 651. The average Bonchev–Trinajstić information content (AvgIpc) is 3.07. The van der Waals surface area contributed by atoms with Crippen LogP contribution in [0, 0.1) is 18.3 Å². The molecule has 0 bridgehead atoms. The number of guanidine groups is 1. The van der Waals surface area contributed by atoms with E-state index in [0.717, 1.165) is 44.2 Å². The number of anilines is 1. The molecule has 6 nitrogen and oxygen atoms in total. The van der Waals surface area contributed by atoms with Gasteiger partial charge in [0.15, 0.2) is 5.96 Å². The number of hydrogen-bond donors (Lipinski definition) is 2. The lowest BCUT2D eigenvalue weighted by molar-refractivity contribution is -0.114. The standard InChI is InChI=1S/C19H26N4O2/c1-4-15-7-6-8-17(11-15)22-18(24)12-21-19(20-5-2)23-10-9-16(13-23)14-25-3/h1,6-8,11,16H,5,9-10,12-14H2,2-3H3,(H,20,21)(H,22,24). The molecule has 0 radical (unpaired) electrons. The second-order valence-electron chi connectivity index (χ2n) is 6.00. The van der Waals surface area contributed by atoms with E-state index in [1.165, 1.54) is 0 Å². The number of carbonyl (C=O) groups excluding carboxylic acids is 1. The molecule has 6 heteroatoms. The summed E-state index contributed by atoms with van der Waals surface area (Å²) in [6.07, 6.45) is 6.45. The monoisotopic (exact) mass is 342 g/mol. The molecule has 1 atom stereocenters. The number of benzene rings is 1. The minimum Gasteiger partial charge on any atom is -0.384 e. The summed E-state index contributed by atoms with van der Waals surface area (Å²) in [6, 6.07) is 7.21. The van der Waals surface area contributed by atoms with Gasteiger partial charge in [-0.05, 0) is 31.5 Å². The van der Waals surface area contributed by atoms with Crippen molar-refractivity contribution in [2.24, 2.45) is 10.9 Å². The van der Waals surface area contributed by atoms with Gasteiger partial charge in [-0.15, -0.1) is 6.42 Å². The van der Waals surface area contributed by atoms with Crippen molar-refractivity contribution in [3.05, 3.63) is 29.8 Å². The molecule has 0 aliphatic carbocycles. The third-order valence-electron chi connectivity index (χ3n) is 4.01. The molecule has 0 saturated carbocycles. The molecule has 0 spiro atoms. The molecule has 0 aromatic heterocycles. The minimum absolute atomic E-state index is 0.0636. The average molecular weight is 342 g/mol. The van der Waals surface area contributed by atoms with Crippen molar-refractivity contribution in [2.45, 2.75) is 13.3 Å². The van der Waals surface area contributed by atoms with E-state index >= 15 is 0 Å². The van der Waals surface area contributed by atoms with E-state index in [0.29, 0.717) is 11.6 Å². The molecule has 134 valence electrons. The molecule has 25 heavy (non-hydrogen) atoms. The largest absolute Gasteiger partial charge is 0.384 e. The second kappa shape index (κ2) is 9.70. The van der Waals surface area contributed by atoms with E-state index < -0.39 is 0 Å². The predicted molar refractivity (Wildman–Crippen MR) is 101 cm³/mol. The van der Waals surface area contributed by atoms with Gasteiger partial charge in [-0.1, -0.05) is 12.0 Å². The normalized spacial score (nSPS) is 17.2. The number of nitrogens with one attached hydrogen (secondary N) is 2. The van der Waals surface area contributed by atoms with Crippen LogP contribution in [0.2, 0.25) is 0 Å². The Hall–Kier alpha value is -2.52. The first-order valence-corrected chi connectivity index (χ1v) is 8.55. The van der Waals surface area contributed by atoms with Crippen molar-refractivity contribution >= 4 is 17.6 Å². The third-order valence-corrected chi connectivity index (χ3v) is 4.01. The fourth-order valence-corrected chi connectivity index (χ4v) is 2.86. The second-order valence-corrected chi connectivity index (χ2v) is 6.00. The number of rotatable bonds is 6. The highest BCUT2D eigenvalue weighted by atomic mass is 16.5. The van der Waals surface area contributed by atoms with Gasteiger partial charge in [-0.25, -0.2) is 4.99 Å². The molecule has 1 aromatic carbocycles. The Morgan fingerprint density at radius 3 is 3.08 bits per heavy atom. The van der Waals surface area contributed by atoms with Gasteiger partial charge < -0.3 is 20.3 Å². The number of hydrogen-bond acceptors (Lipinski definition) is 3. The van der Waals surface area contributed by atoms with E-state index in [1.54, 1.807) is 13.2 Å². The lowest BCUT2D eigenvalue weighted by Crippen LogP contribution is -2.40. The van der Waals surface area contributed by atoms with Crippen LogP contribution in [0.25, 0.3) is 0 Å². The molecule has 1 aliphatic heterocycles. The fourth-order valence-electron chi connectivity index (χ4n) is 2.86. The zero-order valence-electron chi connectivity index (χ0n) is 14.9. The summed E-state index contributed by atoms with van der Waals surface area (Å²) in [5.74, 6) is 3.66. The highest BCUT2D eigenvalue weighted by Crippen LogP contribution is 2.16. The van der Waals surface area contributed by atoms with Crippen molar-refractivity contribution < 1.29 is 9.53 Å². The Morgan fingerprint density at radius 2 is 2.36 bits per heavy atom. The van der Waals surface area contributed by atoms with Crippen LogP contribution in [0.1, 0.15) is 18.9 Å². The van der Waals surface area contributed by atoms with Gasteiger partial charge in [0.2, 0.25) is 5.91 Å². The first-order valence-electron chi connectivity index (χ1n) is 8.55. The zero-order valence-corrected chi connectivity index (χ0v) is 14.9. The number of likely N-dealkylation sites (tertiary alicyclic amines) is 1. The molecule has 1 saturated heterocycles. The SMILES string of the molecule is C#Cc1cccc(NC(=O)CN=C(NCC)N2CCC(COC)C2)c1. The summed E-state index contributed by atoms with van der Waals surface area (Å²) in [5.41, 5.74) is 1.41. The molecule has 1 amide bonds. The number of aliphatic imine (C=N–C) groups is 1. The summed E-state index contributed by atoms with van der Waals surface area (Å²) in [4.78, 5) is 18.8. The number of ether oxygens (including phenoxy) is 1. The smallest absolute Gasteiger partial charge is 0.246 e. The minimum atomic E-state index is -0.169. The third kappa shape index (κ3) is 5.80. The van der Waals surface area contributed by atoms with Crippen LogP contribution in [0.3, 0.4) is 0 Å². The number of terminal acetylenes is 1. The number of methoxy groups -OCH3 is 1. The fraction of sp³-hybridized carbons (Fsp3) is 0.474. The van der Waals surface area contributed by atoms with Crippen LogP contribution in [-0.4, -0.2) is 56.7 Å². The van der Waals surface area contributed by atoms with Crippen molar-refractivity contribution in [2.75, 3.05) is 45.2 Å². The molecular formula is C19H26N4O2. The lowest BCUT2D eigenvalue weighted by Gasteiger charge is -2.21. The van der Waals surface area contributed by atoms with Crippen LogP contribution in [-0.2, 0) is 9.53 Å². The Kier molecular flexibility index (Phi) is 7.30. The molecule has 1 fully saturated rings. The van der Waals surface area contributed by atoms with Crippen LogP contribution >= 0.6 is 0 Å². The lowest BCUT2D eigenvalue weighted by atomic mass is 10.1. The number of amides is 1. The molecule has 1 aliphatic rings. The van der Waals surface area contributed by atoms with E-state index in [1.807, 2.05) is 25.1 Å². The topological polar surface area (TPSA) is 66.0 Å². The molecule has 1 aromatic rings. The van der Waals surface area contributed by atoms with E-state index in [-0.39, 0.29) is 12.5 Å². The Morgan fingerprint density at radius 1 is 1.52 bits per heavy atom. The summed E-state index contributed by atoms with van der Waals surface area (Å²) in [6.45, 7) is 5.41. The predicted octanol–water partition coefficient (Wildman–Crippen LogP) is 1.54. The Balaban J connectivity index is 1.94. The maximum atomic E-state index is 12.2. The summed E-state index contributed by atoms with van der Waals surface area (Å²) >= 11 is 0. The maximum Gasteiger partial charge on any atom is 0.246 e. The molecule has 1 heterocycles. The molecule has 1 unspecified atom stereocenters. The van der Waals surface area contributed by atoms with Crippen molar-refractivity contribution in [3.8, 4) is 12.3 Å². The van der Waals surface area contributed by atoms with Crippen LogP contribution in [0.4, 0.5) is 5.69 Å². The summed E-state index contributed by atoms with van der Waals surface area (Å²) in [7, 11) is 1.72. The zero-order chi connectivity index (χ0) is 18.1. The number of nitrogens with zero attached hydrogens (tertiary/aromatic N) is 2. The van der Waals surface area contributed by atoms with Gasteiger partial charge in [-0.2, -0.15) is 0 Å². The highest BCUT2D eigenvalue weighted by molar-refractivity contribution is 5.94. The van der Waals surface area contributed by atoms with E-state index in [4.69, 9.17) is 11.2 Å². The van der Waals surface area contributed by atoms with Gasteiger partial charge in [0.05, 0.1) is 6.61 Å². The van der Waals surface area contributed by atoms with Crippen LogP contribution in [0.5, 0.6) is 0 Å². The summed E-state index contributed by atoms with van der Waals surface area (Å²) in [5, 5.41) is 6.08. The van der Waals surface area contributed by atoms with Gasteiger partial charge >= 0.3 is 0 Å². The quantitative estimate of drug-likeness (QED) is 0.468. The van der Waals surface area contributed by atoms with Gasteiger partial charge in [0.25, 0.3) is 0 Å². The van der Waals surface area contributed by atoms with E-state index in [2.05, 4.69) is 26.4 Å². The van der Waals surface area contributed by atoms with Crippen molar-refractivity contribution in [1.29, 1.82) is 0 Å². The van der Waals surface area contributed by atoms with Gasteiger partial charge in [0, 0.05) is 43.9 Å². The highest BCUT2D eigenvalue weighted by Gasteiger charge is 2.24. The van der Waals surface area contributed by atoms with Crippen LogP contribution in [0.15, 0.2) is 29.3 Å². The number of carbonyl (C=O) groups is 1. The molecule has 2 N–H and O–H groups in total.